The van der Waals surface area contributed by atoms with Gasteiger partial charge in [-0.2, -0.15) is 0 Å². The van der Waals surface area contributed by atoms with Crippen LogP contribution in [0, 0.1) is 23.7 Å². The van der Waals surface area contributed by atoms with Crippen molar-refractivity contribution in [1.82, 2.24) is 0 Å². The molecular weight excluding hydrogens is 148 g/mol. The first-order valence-corrected chi connectivity index (χ1v) is 4.65. The predicted octanol–water partition coefficient (Wildman–Crippen LogP) is 2.41. The molecule has 1 aliphatic rings. The van der Waals surface area contributed by atoms with Crippen LogP contribution in [0.25, 0.3) is 0 Å². The maximum atomic E-state index is 11.1. The first-order valence-electron chi connectivity index (χ1n) is 4.65. The van der Waals surface area contributed by atoms with Crippen molar-refractivity contribution in [3.63, 3.8) is 0 Å². The Kier molecular flexibility index (Phi) is 3.34. The Labute approximate surface area is 74.5 Å². The molecule has 12 heavy (non-hydrogen) atoms. The van der Waals surface area contributed by atoms with E-state index < -0.39 is 0 Å². The average molecular weight is 164 g/mol. The van der Waals surface area contributed by atoms with Gasteiger partial charge in [-0.3, -0.25) is 4.79 Å². The molecule has 1 saturated carbocycles. The molecule has 0 saturated heterocycles. The molecule has 0 heterocycles. The van der Waals surface area contributed by atoms with Gasteiger partial charge in [0.1, 0.15) is 5.78 Å². The van der Waals surface area contributed by atoms with Crippen LogP contribution < -0.4 is 0 Å². The molecule has 66 valence electrons. The van der Waals surface area contributed by atoms with Crippen LogP contribution in [0.2, 0.25) is 0 Å². The molecule has 1 fully saturated rings. The molecule has 0 N–H and O–H groups in total. The third-order valence-electron chi connectivity index (χ3n) is 2.71. The van der Waals surface area contributed by atoms with Gasteiger partial charge in [0, 0.05) is 19.3 Å². The molecule has 1 heteroatoms. The minimum Gasteiger partial charge on any atom is -0.300 e. The molecule has 0 aromatic heterocycles. The standard InChI is InChI=1S/C11H16O/c1-3-4-5-10-8-11(12)7-6-9(10)2/h9-10H,5-8H2,1-2H3. The zero-order valence-electron chi connectivity index (χ0n) is 7.89. The Morgan fingerprint density at radius 1 is 1.58 bits per heavy atom. The van der Waals surface area contributed by atoms with Gasteiger partial charge in [-0.25, -0.2) is 0 Å². The Hall–Kier alpha value is -0.770. The number of hydrogen-bond acceptors (Lipinski definition) is 1. The summed E-state index contributed by atoms with van der Waals surface area (Å²) in [6.45, 7) is 4.09. The Morgan fingerprint density at radius 3 is 3.00 bits per heavy atom. The number of carbonyl (C=O) groups is 1. The summed E-state index contributed by atoms with van der Waals surface area (Å²) >= 11 is 0. The highest BCUT2D eigenvalue weighted by molar-refractivity contribution is 5.79. The monoisotopic (exact) mass is 164 g/mol. The van der Waals surface area contributed by atoms with Crippen LogP contribution in [0.4, 0.5) is 0 Å². The molecule has 0 spiro atoms. The quantitative estimate of drug-likeness (QED) is 0.544. The van der Waals surface area contributed by atoms with Gasteiger partial charge in [0.05, 0.1) is 0 Å². The van der Waals surface area contributed by atoms with E-state index in [0.29, 0.717) is 17.6 Å². The van der Waals surface area contributed by atoms with Gasteiger partial charge in [-0.15, -0.1) is 11.8 Å². The van der Waals surface area contributed by atoms with Crippen LogP contribution in [0.3, 0.4) is 0 Å². The summed E-state index contributed by atoms with van der Waals surface area (Å²) in [6.07, 6.45) is 3.52. The van der Waals surface area contributed by atoms with Crippen molar-refractivity contribution in [3.8, 4) is 11.8 Å². The third-order valence-corrected chi connectivity index (χ3v) is 2.71. The van der Waals surface area contributed by atoms with Crippen LogP contribution in [0.5, 0.6) is 0 Å². The number of ketones is 1. The van der Waals surface area contributed by atoms with E-state index in [1.165, 1.54) is 0 Å². The lowest BCUT2D eigenvalue weighted by atomic mass is 9.78. The molecule has 0 aromatic rings. The third kappa shape index (κ3) is 2.37. The molecule has 1 rings (SSSR count). The van der Waals surface area contributed by atoms with Crippen molar-refractivity contribution < 1.29 is 4.79 Å². The minimum atomic E-state index is 0.427. The Morgan fingerprint density at radius 2 is 2.33 bits per heavy atom. The van der Waals surface area contributed by atoms with Crippen LogP contribution in [-0.4, -0.2) is 5.78 Å². The largest absolute Gasteiger partial charge is 0.300 e. The highest BCUT2D eigenvalue weighted by Gasteiger charge is 2.24. The van der Waals surface area contributed by atoms with Gasteiger partial charge in [-0.1, -0.05) is 6.92 Å². The molecule has 0 bridgehead atoms. The summed E-state index contributed by atoms with van der Waals surface area (Å²) in [7, 11) is 0. The van der Waals surface area contributed by atoms with E-state index in [4.69, 9.17) is 0 Å². The first-order chi connectivity index (χ1) is 5.74. The van der Waals surface area contributed by atoms with Crippen molar-refractivity contribution in [2.75, 3.05) is 0 Å². The van der Waals surface area contributed by atoms with E-state index in [-0.39, 0.29) is 0 Å². The van der Waals surface area contributed by atoms with Gasteiger partial charge in [0.25, 0.3) is 0 Å². The molecule has 1 aliphatic carbocycles. The van der Waals surface area contributed by atoms with Crippen molar-refractivity contribution >= 4 is 5.78 Å². The lowest BCUT2D eigenvalue weighted by Crippen LogP contribution is -2.22. The molecule has 2 atom stereocenters. The highest BCUT2D eigenvalue weighted by Crippen LogP contribution is 2.29. The fourth-order valence-corrected chi connectivity index (χ4v) is 1.73. The smallest absolute Gasteiger partial charge is 0.133 e. The number of carbonyl (C=O) groups excluding carboxylic acids is 1. The molecule has 0 aromatic carbocycles. The Balaban J connectivity index is 2.47. The van der Waals surface area contributed by atoms with E-state index in [9.17, 15) is 4.79 Å². The second-order valence-electron chi connectivity index (χ2n) is 3.65. The number of hydrogen-bond donors (Lipinski definition) is 0. The van der Waals surface area contributed by atoms with E-state index in [1.54, 1.807) is 0 Å². The summed E-state index contributed by atoms with van der Waals surface area (Å²) in [5.41, 5.74) is 0. The van der Waals surface area contributed by atoms with Gasteiger partial charge < -0.3 is 0 Å². The summed E-state index contributed by atoms with van der Waals surface area (Å²) in [5.74, 6) is 7.59. The van der Waals surface area contributed by atoms with Crippen molar-refractivity contribution in [2.24, 2.45) is 11.8 Å². The van der Waals surface area contributed by atoms with E-state index >= 15 is 0 Å². The van der Waals surface area contributed by atoms with Crippen LogP contribution in [0.1, 0.15) is 39.5 Å². The van der Waals surface area contributed by atoms with Crippen LogP contribution >= 0.6 is 0 Å². The predicted molar refractivity (Wildman–Crippen MR) is 49.6 cm³/mol. The fourth-order valence-electron chi connectivity index (χ4n) is 1.73. The normalized spacial score (nSPS) is 29.3. The molecule has 0 aliphatic heterocycles. The van der Waals surface area contributed by atoms with Crippen LogP contribution in [0.15, 0.2) is 0 Å². The molecular formula is C11H16O. The molecule has 0 radical (unpaired) electrons. The summed E-state index contributed by atoms with van der Waals surface area (Å²) < 4.78 is 0. The maximum absolute atomic E-state index is 11.1. The first kappa shape index (κ1) is 9.32. The second kappa shape index (κ2) is 4.30. The van der Waals surface area contributed by atoms with Gasteiger partial charge in [-0.05, 0) is 25.2 Å². The SMILES string of the molecule is CC#CCC1CC(=O)CCC1C. The van der Waals surface area contributed by atoms with Crippen molar-refractivity contribution in [3.05, 3.63) is 0 Å². The van der Waals surface area contributed by atoms with E-state index in [1.807, 2.05) is 6.92 Å². The van der Waals surface area contributed by atoms with E-state index in [2.05, 4.69) is 18.8 Å². The van der Waals surface area contributed by atoms with Crippen molar-refractivity contribution in [2.45, 2.75) is 39.5 Å². The topological polar surface area (TPSA) is 17.1 Å². The molecule has 2 unspecified atom stereocenters. The fraction of sp³-hybridized carbons (Fsp3) is 0.727. The summed E-state index contributed by atoms with van der Waals surface area (Å²) in [5, 5.41) is 0. The lowest BCUT2D eigenvalue weighted by molar-refractivity contribution is -0.122. The Bertz CT molecular complexity index is 219. The van der Waals surface area contributed by atoms with Gasteiger partial charge in [0.2, 0.25) is 0 Å². The lowest BCUT2D eigenvalue weighted by Gasteiger charge is -2.25. The van der Waals surface area contributed by atoms with Gasteiger partial charge >= 0.3 is 0 Å². The van der Waals surface area contributed by atoms with Crippen molar-refractivity contribution in [1.29, 1.82) is 0 Å². The molecule has 0 amide bonds. The van der Waals surface area contributed by atoms with Gasteiger partial charge in [0.15, 0.2) is 0 Å². The maximum Gasteiger partial charge on any atom is 0.133 e. The minimum absolute atomic E-state index is 0.427. The zero-order chi connectivity index (χ0) is 8.97. The average Bonchev–Trinajstić information content (AvgIpc) is 2.07. The second-order valence-corrected chi connectivity index (χ2v) is 3.65. The van der Waals surface area contributed by atoms with E-state index in [0.717, 1.165) is 25.7 Å². The highest BCUT2D eigenvalue weighted by atomic mass is 16.1. The zero-order valence-corrected chi connectivity index (χ0v) is 7.89. The number of Topliss-reactive ketones (excluding diaryl/α,β-unsaturated/α-hetero) is 1. The summed E-state index contributed by atoms with van der Waals surface area (Å²) in [4.78, 5) is 11.1. The summed E-state index contributed by atoms with van der Waals surface area (Å²) in [6, 6.07) is 0. The van der Waals surface area contributed by atoms with Crippen LogP contribution in [-0.2, 0) is 4.79 Å². The number of rotatable bonds is 1. The molecule has 1 nitrogen and oxygen atoms in total.